The highest BCUT2D eigenvalue weighted by molar-refractivity contribution is 5.90. The molecule has 0 fully saturated rings. The molecule has 0 bridgehead atoms. The van der Waals surface area contributed by atoms with E-state index in [2.05, 4.69) is 15.4 Å². The van der Waals surface area contributed by atoms with Crippen LogP contribution in [0, 0.1) is 0 Å². The van der Waals surface area contributed by atoms with Crippen LogP contribution in [0.5, 0.6) is 0 Å². The molecule has 33 heavy (non-hydrogen) atoms. The molecule has 0 radical (unpaired) electrons. The van der Waals surface area contributed by atoms with Crippen LogP contribution in [-0.4, -0.2) is 71.2 Å². The van der Waals surface area contributed by atoms with Gasteiger partial charge in [-0.1, -0.05) is 48.5 Å². The van der Waals surface area contributed by atoms with Gasteiger partial charge in [-0.05, 0) is 22.3 Å². The molecule has 0 spiro atoms. The normalized spacial score (nSPS) is 13.9. The van der Waals surface area contributed by atoms with Gasteiger partial charge in [0.25, 0.3) is 0 Å². The molecule has 9 nitrogen and oxygen atoms in total. The minimum Gasteiger partial charge on any atom is -0.467 e. The molecule has 2 amide bonds. The lowest BCUT2D eigenvalue weighted by molar-refractivity contribution is -0.147. The predicted molar refractivity (Wildman–Crippen MR) is 120 cm³/mol. The number of methoxy groups -OCH3 is 3. The smallest absolute Gasteiger partial charge is 0.407 e. The number of carbonyl (C=O) groups is 3. The Balaban J connectivity index is 1.64. The molecule has 176 valence electrons. The molecule has 1 aliphatic carbocycles. The Morgan fingerprint density at radius 1 is 0.818 bits per heavy atom. The van der Waals surface area contributed by atoms with E-state index >= 15 is 0 Å². The van der Waals surface area contributed by atoms with Gasteiger partial charge in [0.15, 0.2) is 6.04 Å². The van der Waals surface area contributed by atoms with Crippen molar-refractivity contribution in [1.82, 2.24) is 10.6 Å². The summed E-state index contributed by atoms with van der Waals surface area (Å²) in [6, 6.07) is 13.9. The highest BCUT2D eigenvalue weighted by atomic mass is 16.6. The number of hydrogen-bond donors (Lipinski definition) is 2. The van der Waals surface area contributed by atoms with Crippen LogP contribution in [0.25, 0.3) is 11.1 Å². The van der Waals surface area contributed by atoms with E-state index in [4.69, 9.17) is 14.2 Å². The Hall–Kier alpha value is -3.43. The topological polar surface area (TPSA) is 112 Å². The van der Waals surface area contributed by atoms with E-state index in [0.29, 0.717) is 0 Å². The van der Waals surface area contributed by atoms with Crippen molar-refractivity contribution in [3.8, 4) is 11.1 Å². The van der Waals surface area contributed by atoms with Crippen molar-refractivity contribution < 1.29 is 33.3 Å². The predicted octanol–water partition coefficient (Wildman–Crippen LogP) is 1.84. The number of ether oxygens (including phenoxy) is 4. The minimum absolute atomic E-state index is 0.0803. The third-order valence-electron chi connectivity index (χ3n) is 5.42. The molecular weight excluding hydrogens is 428 g/mol. The summed E-state index contributed by atoms with van der Waals surface area (Å²) in [6.07, 6.45) is -0.768. The van der Waals surface area contributed by atoms with Crippen LogP contribution < -0.4 is 10.6 Å². The minimum atomic E-state index is -1.07. The van der Waals surface area contributed by atoms with Gasteiger partial charge in [0.05, 0.1) is 20.3 Å². The molecule has 0 saturated carbocycles. The molecule has 2 aromatic carbocycles. The van der Waals surface area contributed by atoms with E-state index < -0.39 is 30.1 Å². The van der Waals surface area contributed by atoms with Gasteiger partial charge in [-0.15, -0.1) is 0 Å². The molecule has 3 rings (SSSR count). The number of carbonyl (C=O) groups excluding carboxylic acids is 3. The first kappa shape index (κ1) is 24.2. The maximum absolute atomic E-state index is 12.6. The second-order valence-electron chi connectivity index (χ2n) is 7.52. The number of benzene rings is 2. The fourth-order valence-corrected chi connectivity index (χ4v) is 3.88. The average molecular weight is 456 g/mol. The molecular formula is C24H28N2O7. The second-order valence-corrected chi connectivity index (χ2v) is 7.52. The van der Waals surface area contributed by atoms with Crippen molar-refractivity contribution in [2.45, 2.75) is 18.0 Å². The lowest BCUT2D eigenvalue weighted by Crippen LogP contribution is -2.54. The lowest BCUT2D eigenvalue weighted by Gasteiger charge is -2.22. The summed E-state index contributed by atoms with van der Waals surface area (Å²) >= 11 is 0. The molecule has 0 aliphatic heterocycles. The van der Waals surface area contributed by atoms with Gasteiger partial charge >= 0.3 is 12.1 Å². The Morgan fingerprint density at radius 3 is 1.91 bits per heavy atom. The van der Waals surface area contributed by atoms with Crippen LogP contribution in [0.2, 0.25) is 0 Å². The Bertz CT molecular complexity index is 949. The van der Waals surface area contributed by atoms with Crippen LogP contribution in [0.15, 0.2) is 48.5 Å². The van der Waals surface area contributed by atoms with Crippen molar-refractivity contribution in [3.05, 3.63) is 59.7 Å². The first-order valence-electron chi connectivity index (χ1n) is 10.5. The number of fused-ring (bicyclic) bond motifs is 3. The van der Waals surface area contributed by atoms with Gasteiger partial charge in [-0.25, -0.2) is 9.59 Å². The van der Waals surface area contributed by atoms with E-state index in [1.54, 1.807) is 0 Å². The number of nitrogens with one attached hydrogen (secondary N) is 2. The largest absolute Gasteiger partial charge is 0.467 e. The summed E-state index contributed by atoms with van der Waals surface area (Å²) in [5, 5.41) is 5.00. The first-order chi connectivity index (χ1) is 16.0. The maximum Gasteiger partial charge on any atom is 0.407 e. The van der Waals surface area contributed by atoms with E-state index in [0.717, 1.165) is 22.3 Å². The van der Waals surface area contributed by atoms with Crippen molar-refractivity contribution in [2.75, 3.05) is 41.2 Å². The number of amides is 2. The van der Waals surface area contributed by atoms with Crippen molar-refractivity contribution >= 4 is 18.0 Å². The molecule has 1 aliphatic rings. The van der Waals surface area contributed by atoms with E-state index in [-0.39, 0.29) is 25.7 Å². The number of alkyl carbamates (subject to hydrolysis) is 1. The number of esters is 1. The Labute approximate surface area is 192 Å². The van der Waals surface area contributed by atoms with E-state index in [9.17, 15) is 14.4 Å². The Morgan fingerprint density at radius 2 is 1.36 bits per heavy atom. The summed E-state index contributed by atoms with van der Waals surface area (Å²) < 4.78 is 20.1. The number of hydrogen-bond acceptors (Lipinski definition) is 7. The van der Waals surface area contributed by atoms with Crippen LogP contribution >= 0.6 is 0 Å². The fourth-order valence-electron chi connectivity index (χ4n) is 3.88. The second kappa shape index (κ2) is 11.4. The summed E-state index contributed by atoms with van der Waals surface area (Å²) in [4.78, 5) is 37.0. The third-order valence-corrected chi connectivity index (χ3v) is 5.42. The molecule has 9 heteroatoms. The Kier molecular flexibility index (Phi) is 8.39. The van der Waals surface area contributed by atoms with E-state index in [1.807, 2.05) is 48.5 Å². The highest BCUT2D eigenvalue weighted by Gasteiger charge is 2.31. The molecule has 0 aromatic heterocycles. The van der Waals surface area contributed by atoms with Crippen LogP contribution in [0.3, 0.4) is 0 Å². The maximum atomic E-state index is 12.6. The monoisotopic (exact) mass is 456 g/mol. The quantitative estimate of drug-likeness (QED) is 0.525. The van der Waals surface area contributed by atoms with Gasteiger partial charge in [0, 0.05) is 20.1 Å². The molecule has 2 atom stereocenters. The fraction of sp³-hybridized carbons (Fsp3) is 0.375. The van der Waals surface area contributed by atoms with Gasteiger partial charge in [0.2, 0.25) is 5.91 Å². The van der Waals surface area contributed by atoms with Crippen molar-refractivity contribution in [3.63, 3.8) is 0 Å². The van der Waals surface area contributed by atoms with Crippen molar-refractivity contribution in [1.29, 1.82) is 0 Å². The summed E-state index contributed by atoms with van der Waals surface area (Å²) in [5.41, 5.74) is 4.40. The molecule has 0 unspecified atom stereocenters. The van der Waals surface area contributed by atoms with Crippen LogP contribution in [0.1, 0.15) is 17.0 Å². The number of rotatable bonds is 10. The zero-order valence-electron chi connectivity index (χ0n) is 18.8. The van der Waals surface area contributed by atoms with Gasteiger partial charge in [-0.2, -0.15) is 0 Å². The van der Waals surface area contributed by atoms with Crippen LogP contribution in [0.4, 0.5) is 4.79 Å². The van der Waals surface area contributed by atoms with E-state index in [1.165, 1.54) is 21.3 Å². The van der Waals surface area contributed by atoms with Crippen molar-refractivity contribution in [2.24, 2.45) is 0 Å². The molecule has 0 saturated heterocycles. The zero-order chi connectivity index (χ0) is 23.8. The molecule has 0 heterocycles. The lowest BCUT2D eigenvalue weighted by atomic mass is 9.98. The van der Waals surface area contributed by atoms with Gasteiger partial charge in [-0.3, -0.25) is 4.79 Å². The van der Waals surface area contributed by atoms with Gasteiger partial charge < -0.3 is 29.6 Å². The standard InChI is InChI=1S/C24H28N2O7/c1-30-13-20(22(27)25-21(14-31-2)23(28)32-3)26-24(29)33-12-19-17-10-6-4-8-15(17)16-9-5-7-11-18(16)19/h4-11,19-21H,12-14H2,1-3H3,(H,25,27)(H,26,29)/t20-,21-/m0/s1. The zero-order valence-corrected chi connectivity index (χ0v) is 18.8. The SMILES string of the molecule is COC[C@H](NC(=O)OCC1c2ccccc2-c2ccccc21)C(=O)N[C@@H](COC)C(=O)OC. The first-order valence-corrected chi connectivity index (χ1v) is 10.5. The summed E-state index contributed by atoms with van der Waals surface area (Å²) in [6.45, 7) is -0.0877. The van der Waals surface area contributed by atoms with Gasteiger partial charge in [0.1, 0.15) is 12.6 Å². The van der Waals surface area contributed by atoms with Crippen LogP contribution in [-0.2, 0) is 28.5 Å². The summed E-state index contributed by atoms with van der Waals surface area (Å²) in [7, 11) is 4.00. The highest BCUT2D eigenvalue weighted by Crippen LogP contribution is 2.44. The summed E-state index contributed by atoms with van der Waals surface area (Å²) in [5.74, 6) is -1.40. The average Bonchev–Trinajstić information content (AvgIpc) is 3.15. The molecule has 2 N–H and O–H groups in total. The third kappa shape index (κ3) is 5.68. The molecule has 2 aromatic rings.